The average molecular weight is 428 g/mol. The van der Waals surface area contributed by atoms with Gasteiger partial charge < -0.3 is 5.32 Å². The van der Waals surface area contributed by atoms with Gasteiger partial charge in [0, 0.05) is 29.8 Å². The molecule has 0 spiro atoms. The molecule has 1 aliphatic rings. The van der Waals surface area contributed by atoms with Gasteiger partial charge in [-0.05, 0) is 44.0 Å². The zero-order chi connectivity index (χ0) is 18.7. The van der Waals surface area contributed by atoms with E-state index in [4.69, 9.17) is 23.2 Å². The summed E-state index contributed by atoms with van der Waals surface area (Å²) in [6.45, 7) is 4.97. The summed E-state index contributed by atoms with van der Waals surface area (Å²) in [6.07, 6.45) is 2.67. The van der Waals surface area contributed by atoms with Crippen LogP contribution in [0.1, 0.15) is 56.3 Å². The molecular formula is C21H25Cl3N2O. The largest absolute Gasteiger partial charge is 0.326 e. The molecule has 1 saturated heterocycles. The minimum atomic E-state index is -0.0297. The summed E-state index contributed by atoms with van der Waals surface area (Å²) >= 11 is 12.9. The summed E-state index contributed by atoms with van der Waals surface area (Å²) in [6, 6.07) is 14.5. The van der Waals surface area contributed by atoms with Crippen molar-refractivity contribution in [3.63, 3.8) is 0 Å². The molecule has 146 valence electrons. The van der Waals surface area contributed by atoms with Crippen LogP contribution in [0, 0.1) is 0 Å². The van der Waals surface area contributed by atoms with Gasteiger partial charge in [-0.3, -0.25) is 9.69 Å². The number of halogens is 3. The second kappa shape index (κ2) is 9.79. The number of anilines is 1. The van der Waals surface area contributed by atoms with Crippen molar-refractivity contribution in [1.82, 2.24) is 4.90 Å². The molecule has 1 aliphatic heterocycles. The molecule has 0 saturated carbocycles. The first-order chi connectivity index (χ1) is 12.5. The molecule has 1 amide bonds. The van der Waals surface area contributed by atoms with Crippen LogP contribution in [0.2, 0.25) is 10.0 Å². The third-order valence-corrected chi connectivity index (χ3v) is 5.94. The van der Waals surface area contributed by atoms with Crippen LogP contribution in [-0.2, 0) is 4.79 Å². The normalized spacial score (nSPS) is 18.0. The fourth-order valence-electron chi connectivity index (χ4n) is 3.77. The molecular weight excluding hydrogens is 403 g/mol. The van der Waals surface area contributed by atoms with E-state index in [1.807, 2.05) is 19.1 Å². The van der Waals surface area contributed by atoms with Crippen LogP contribution in [0.15, 0.2) is 42.5 Å². The highest BCUT2D eigenvalue weighted by Gasteiger charge is 2.32. The predicted molar refractivity (Wildman–Crippen MR) is 116 cm³/mol. The van der Waals surface area contributed by atoms with E-state index in [2.05, 4.69) is 41.4 Å². The van der Waals surface area contributed by atoms with E-state index < -0.39 is 0 Å². The predicted octanol–water partition coefficient (Wildman–Crippen LogP) is 6.66. The van der Waals surface area contributed by atoms with E-state index in [-0.39, 0.29) is 24.4 Å². The third kappa shape index (κ3) is 4.78. The number of carbonyl (C=O) groups excluding carboxylic acids is 1. The van der Waals surface area contributed by atoms with E-state index in [1.165, 1.54) is 5.56 Å². The van der Waals surface area contributed by atoms with Crippen LogP contribution in [0.4, 0.5) is 5.69 Å². The van der Waals surface area contributed by atoms with Gasteiger partial charge in [-0.25, -0.2) is 0 Å². The Balaban J connectivity index is 0.00000261. The average Bonchev–Trinajstić information content (AvgIpc) is 3.15. The number of hydrogen-bond donors (Lipinski definition) is 1. The van der Waals surface area contributed by atoms with Crippen LogP contribution in [0.25, 0.3) is 0 Å². The van der Waals surface area contributed by atoms with Gasteiger partial charge in [0.25, 0.3) is 0 Å². The highest BCUT2D eigenvalue weighted by Crippen LogP contribution is 2.44. The number of likely N-dealkylation sites (tertiary alicyclic amines) is 1. The van der Waals surface area contributed by atoms with E-state index in [1.54, 1.807) is 6.07 Å². The van der Waals surface area contributed by atoms with E-state index in [0.29, 0.717) is 22.5 Å². The molecule has 27 heavy (non-hydrogen) atoms. The third-order valence-electron chi connectivity index (χ3n) is 5.12. The number of hydrogen-bond acceptors (Lipinski definition) is 2. The zero-order valence-electron chi connectivity index (χ0n) is 15.5. The lowest BCUT2D eigenvalue weighted by Gasteiger charge is -2.33. The molecule has 1 fully saturated rings. The number of nitrogens with one attached hydrogen (secondary N) is 1. The minimum absolute atomic E-state index is 0. The van der Waals surface area contributed by atoms with Gasteiger partial charge in [0.1, 0.15) is 0 Å². The Kier molecular flexibility index (Phi) is 7.99. The van der Waals surface area contributed by atoms with E-state index >= 15 is 0 Å². The smallest absolute Gasteiger partial charge is 0.224 e. The maximum atomic E-state index is 12.0. The topological polar surface area (TPSA) is 32.3 Å². The van der Waals surface area contributed by atoms with Gasteiger partial charge >= 0.3 is 0 Å². The summed E-state index contributed by atoms with van der Waals surface area (Å²) in [5.74, 6) is -0.0297. The van der Waals surface area contributed by atoms with E-state index in [0.717, 1.165) is 30.6 Å². The number of rotatable bonds is 5. The quantitative estimate of drug-likeness (QED) is 0.578. The Morgan fingerprint density at radius 2 is 1.93 bits per heavy atom. The Bertz CT molecular complexity index is 782. The molecule has 6 heteroatoms. The van der Waals surface area contributed by atoms with Gasteiger partial charge in [0.15, 0.2) is 0 Å². The first-order valence-corrected chi connectivity index (χ1v) is 9.87. The molecule has 3 nitrogen and oxygen atoms in total. The van der Waals surface area contributed by atoms with Crippen molar-refractivity contribution in [3.05, 3.63) is 63.6 Å². The standard InChI is InChI=1S/C21H24Cl2N2O.ClH/c1-3-19(26)24-17-12-11-16(22)21(23)20(17)14(2)25-13-7-10-18(25)15-8-5-4-6-9-15;/h4-6,8-9,11-12,14,18H,3,7,10,13H2,1-2H3,(H,24,26);1H. The zero-order valence-corrected chi connectivity index (χ0v) is 17.9. The van der Waals surface area contributed by atoms with Crippen LogP contribution in [0.3, 0.4) is 0 Å². The summed E-state index contributed by atoms with van der Waals surface area (Å²) in [4.78, 5) is 14.4. The molecule has 1 heterocycles. The van der Waals surface area contributed by atoms with Crippen LogP contribution >= 0.6 is 35.6 Å². The van der Waals surface area contributed by atoms with Crippen molar-refractivity contribution < 1.29 is 4.79 Å². The van der Waals surface area contributed by atoms with Gasteiger partial charge in [-0.15, -0.1) is 12.4 Å². The molecule has 2 aromatic carbocycles. The first-order valence-electron chi connectivity index (χ1n) is 9.11. The second-order valence-electron chi connectivity index (χ2n) is 6.71. The van der Waals surface area contributed by atoms with Crippen molar-refractivity contribution in [2.75, 3.05) is 11.9 Å². The Morgan fingerprint density at radius 3 is 2.59 bits per heavy atom. The van der Waals surface area contributed by atoms with Gasteiger partial charge in [0.2, 0.25) is 5.91 Å². The number of carbonyl (C=O) groups is 1. The summed E-state index contributed by atoms with van der Waals surface area (Å²) in [5.41, 5.74) is 2.95. The molecule has 2 atom stereocenters. The fraction of sp³-hybridized carbons (Fsp3) is 0.381. The molecule has 1 N–H and O–H groups in total. The minimum Gasteiger partial charge on any atom is -0.326 e. The van der Waals surface area contributed by atoms with Crippen LogP contribution < -0.4 is 5.32 Å². The Labute approximate surface area is 177 Å². The highest BCUT2D eigenvalue weighted by atomic mass is 35.5. The molecule has 0 radical (unpaired) electrons. The maximum Gasteiger partial charge on any atom is 0.224 e. The Hall–Kier alpha value is -1.26. The molecule has 0 aromatic heterocycles. The van der Waals surface area contributed by atoms with Gasteiger partial charge in [0.05, 0.1) is 10.0 Å². The van der Waals surface area contributed by atoms with Crippen molar-refractivity contribution in [1.29, 1.82) is 0 Å². The molecule has 0 aliphatic carbocycles. The van der Waals surface area contributed by atoms with Crippen molar-refractivity contribution >= 4 is 47.2 Å². The van der Waals surface area contributed by atoms with Crippen LogP contribution in [-0.4, -0.2) is 17.4 Å². The first kappa shape index (κ1) is 22.0. The number of nitrogens with zero attached hydrogens (tertiary/aromatic N) is 1. The van der Waals surface area contributed by atoms with Crippen molar-refractivity contribution in [2.24, 2.45) is 0 Å². The lowest BCUT2D eigenvalue weighted by Crippen LogP contribution is -2.28. The highest BCUT2D eigenvalue weighted by molar-refractivity contribution is 6.42. The monoisotopic (exact) mass is 426 g/mol. The lowest BCUT2D eigenvalue weighted by atomic mass is 10.00. The van der Waals surface area contributed by atoms with Crippen LogP contribution in [0.5, 0.6) is 0 Å². The molecule has 3 rings (SSSR count). The van der Waals surface area contributed by atoms with Crippen molar-refractivity contribution in [2.45, 2.75) is 45.2 Å². The molecule has 2 aromatic rings. The SMILES string of the molecule is CCC(=O)Nc1ccc(Cl)c(Cl)c1C(C)N1CCCC1c1ccccc1.Cl. The van der Waals surface area contributed by atoms with Gasteiger partial charge in [-0.2, -0.15) is 0 Å². The summed E-state index contributed by atoms with van der Waals surface area (Å²) < 4.78 is 0. The summed E-state index contributed by atoms with van der Waals surface area (Å²) in [7, 11) is 0. The summed E-state index contributed by atoms with van der Waals surface area (Å²) in [5, 5.41) is 4.01. The second-order valence-corrected chi connectivity index (χ2v) is 7.49. The lowest BCUT2D eigenvalue weighted by molar-refractivity contribution is -0.115. The van der Waals surface area contributed by atoms with Crippen molar-refractivity contribution in [3.8, 4) is 0 Å². The fourth-order valence-corrected chi connectivity index (χ4v) is 4.26. The Morgan fingerprint density at radius 1 is 1.22 bits per heavy atom. The van der Waals surface area contributed by atoms with E-state index in [9.17, 15) is 4.79 Å². The maximum absolute atomic E-state index is 12.0. The molecule has 0 bridgehead atoms. The number of amides is 1. The number of benzene rings is 2. The molecule has 2 unspecified atom stereocenters. The van der Waals surface area contributed by atoms with Gasteiger partial charge in [-0.1, -0.05) is 60.5 Å².